The SMILES string of the molecule is Cc1nc(SCC(O)=C(C#N)c2nc3ccccc3[nH]2)c2c(-c3cccs3)csc2n1. The average Bonchev–Trinajstić information content (AvgIpc) is 3.51. The number of imidazole rings is 1. The number of benzene rings is 1. The zero-order chi connectivity index (χ0) is 21.4. The van der Waals surface area contributed by atoms with Crippen LogP contribution in [0.1, 0.15) is 11.6 Å². The Bertz CT molecular complexity index is 1440. The molecule has 0 aliphatic heterocycles. The van der Waals surface area contributed by atoms with E-state index in [1.165, 1.54) is 11.8 Å². The Kier molecular flexibility index (Phi) is 5.19. The number of nitriles is 1. The second-order valence-electron chi connectivity index (χ2n) is 6.71. The van der Waals surface area contributed by atoms with Gasteiger partial charge in [0.25, 0.3) is 0 Å². The Morgan fingerprint density at radius 2 is 2.03 bits per heavy atom. The number of nitrogens with one attached hydrogen (secondary N) is 1. The molecule has 5 rings (SSSR count). The number of aryl methyl sites for hydroxylation is 1. The van der Waals surface area contributed by atoms with Crippen LogP contribution in [0.5, 0.6) is 0 Å². The molecule has 0 saturated carbocycles. The Hall–Kier alpha value is -3.19. The molecule has 152 valence electrons. The van der Waals surface area contributed by atoms with Crippen LogP contribution in [0, 0.1) is 18.3 Å². The molecule has 0 amide bonds. The first kappa shape index (κ1) is 19.8. The molecule has 4 aromatic heterocycles. The fourth-order valence-corrected chi connectivity index (χ4v) is 6.10. The summed E-state index contributed by atoms with van der Waals surface area (Å²) in [5, 5.41) is 26.3. The monoisotopic (exact) mass is 461 g/mol. The van der Waals surface area contributed by atoms with Crippen molar-refractivity contribution in [2.45, 2.75) is 11.9 Å². The predicted octanol–water partition coefficient (Wildman–Crippen LogP) is 6.19. The number of thiophene rings is 2. The van der Waals surface area contributed by atoms with Gasteiger partial charge >= 0.3 is 0 Å². The Balaban J connectivity index is 1.51. The summed E-state index contributed by atoms with van der Waals surface area (Å²) in [5.41, 5.74) is 2.80. The van der Waals surface area contributed by atoms with Crippen molar-refractivity contribution in [2.75, 3.05) is 5.75 Å². The molecule has 0 aliphatic carbocycles. The molecule has 0 atom stereocenters. The summed E-state index contributed by atoms with van der Waals surface area (Å²) in [6, 6.07) is 13.7. The molecule has 0 fully saturated rings. The number of hydrogen-bond acceptors (Lipinski definition) is 8. The fourth-order valence-electron chi connectivity index (χ4n) is 3.26. The molecular weight excluding hydrogens is 446 g/mol. The fraction of sp³-hybridized carbons (Fsp3) is 0.0909. The summed E-state index contributed by atoms with van der Waals surface area (Å²) in [6.07, 6.45) is 0. The van der Waals surface area contributed by atoms with Crippen LogP contribution in [0.15, 0.2) is 57.9 Å². The van der Waals surface area contributed by atoms with Crippen molar-refractivity contribution in [3.05, 3.63) is 64.6 Å². The van der Waals surface area contributed by atoms with Crippen LogP contribution >= 0.6 is 34.4 Å². The van der Waals surface area contributed by atoms with Gasteiger partial charge in [-0.25, -0.2) is 15.0 Å². The van der Waals surface area contributed by atoms with Gasteiger partial charge in [-0.1, -0.05) is 30.0 Å². The molecule has 9 heteroatoms. The van der Waals surface area contributed by atoms with E-state index >= 15 is 0 Å². The number of nitrogens with zero attached hydrogens (tertiary/aromatic N) is 4. The van der Waals surface area contributed by atoms with Gasteiger partial charge in [-0.3, -0.25) is 0 Å². The Morgan fingerprint density at radius 1 is 1.16 bits per heavy atom. The van der Waals surface area contributed by atoms with Gasteiger partial charge in [-0.15, -0.1) is 22.7 Å². The van der Waals surface area contributed by atoms with Gasteiger partial charge in [-0.05, 0) is 30.5 Å². The number of aromatic nitrogens is 4. The molecule has 0 bridgehead atoms. The van der Waals surface area contributed by atoms with Gasteiger partial charge in [0.1, 0.15) is 33.1 Å². The maximum atomic E-state index is 10.7. The lowest BCUT2D eigenvalue weighted by molar-refractivity contribution is 0.420. The quantitative estimate of drug-likeness (QED) is 0.140. The molecule has 1 aromatic carbocycles. The number of fused-ring (bicyclic) bond motifs is 2. The van der Waals surface area contributed by atoms with Crippen LogP contribution in [-0.4, -0.2) is 30.8 Å². The number of aliphatic hydroxyl groups is 1. The average molecular weight is 462 g/mol. The summed E-state index contributed by atoms with van der Waals surface area (Å²) in [5.74, 6) is 1.20. The Labute approximate surface area is 190 Å². The van der Waals surface area contributed by atoms with Gasteiger partial charge in [0.15, 0.2) is 5.82 Å². The molecule has 6 nitrogen and oxygen atoms in total. The van der Waals surface area contributed by atoms with Gasteiger partial charge < -0.3 is 10.1 Å². The van der Waals surface area contributed by atoms with E-state index in [0.717, 1.165) is 36.7 Å². The number of aromatic amines is 1. The minimum absolute atomic E-state index is 0.0381. The van der Waals surface area contributed by atoms with E-state index in [1.807, 2.05) is 42.6 Å². The maximum absolute atomic E-state index is 10.7. The highest BCUT2D eigenvalue weighted by atomic mass is 32.2. The first-order valence-corrected chi connectivity index (χ1v) is 12.1. The Morgan fingerprint density at radius 3 is 2.81 bits per heavy atom. The van der Waals surface area contributed by atoms with Crippen LogP contribution in [0.2, 0.25) is 0 Å². The van der Waals surface area contributed by atoms with Crippen LogP contribution < -0.4 is 0 Å². The minimum atomic E-state index is -0.0381. The molecule has 0 aliphatic rings. The maximum Gasteiger partial charge on any atom is 0.152 e. The second-order valence-corrected chi connectivity index (χ2v) is 9.48. The van der Waals surface area contributed by atoms with Crippen molar-refractivity contribution in [3.8, 4) is 16.5 Å². The van der Waals surface area contributed by atoms with Crippen molar-refractivity contribution in [1.29, 1.82) is 5.26 Å². The summed E-state index contributed by atoms with van der Waals surface area (Å²) >= 11 is 4.65. The third-order valence-electron chi connectivity index (χ3n) is 4.67. The van der Waals surface area contributed by atoms with Gasteiger partial charge in [-0.2, -0.15) is 5.26 Å². The number of hydrogen-bond donors (Lipinski definition) is 2. The topological polar surface area (TPSA) is 98.5 Å². The lowest BCUT2D eigenvalue weighted by Crippen LogP contribution is -1.97. The zero-order valence-electron chi connectivity index (χ0n) is 16.3. The number of thioether (sulfide) groups is 1. The smallest absolute Gasteiger partial charge is 0.152 e. The first-order valence-electron chi connectivity index (χ1n) is 9.34. The number of allylic oxidation sites excluding steroid dienone is 1. The zero-order valence-corrected chi connectivity index (χ0v) is 18.7. The largest absolute Gasteiger partial charge is 0.510 e. The van der Waals surface area contributed by atoms with Crippen LogP contribution in [0.3, 0.4) is 0 Å². The van der Waals surface area contributed by atoms with E-state index in [2.05, 4.69) is 37.5 Å². The molecule has 4 heterocycles. The van der Waals surface area contributed by atoms with E-state index in [0.29, 0.717) is 11.6 Å². The van der Waals surface area contributed by atoms with Gasteiger partial charge in [0.2, 0.25) is 0 Å². The molecule has 0 unspecified atom stereocenters. The molecule has 0 spiro atoms. The highest BCUT2D eigenvalue weighted by molar-refractivity contribution is 7.99. The van der Waals surface area contributed by atoms with E-state index in [9.17, 15) is 10.4 Å². The van der Waals surface area contributed by atoms with Gasteiger partial charge in [0.05, 0.1) is 22.2 Å². The second kappa shape index (κ2) is 8.15. The summed E-state index contributed by atoms with van der Waals surface area (Å²) in [7, 11) is 0. The van der Waals surface area contributed by atoms with E-state index in [1.54, 1.807) is 22.7 Å². The van der Waals surface area contributed by atoms with E-state index in [-0.39, 0.29) is 17.1 Å². The van der Waals surface area contributed by atoms with Crippen molar-refractivity contribution in [2.24, 2.45) is 0 Å². The number of rotatable bonds is 5. The van der Waals surface area contributed by atoms with Crippen molar-refractivity contribution in [3.63, 3.8) is 0 Å². The summed E-state index contributed by atoms with van der Waals surface area (Å²) < 4.78 is 0. The molecule has 2 N–H and O–H groups in total. The highest BCUT2D eigenvalue weighted by Crippen LogP contribution is 2.40. The number of H-pyrrole nitrogens is 1. The van der Waals surface area contributed by atoms with E-state index < -0.39 is 0 Å². The van der Waals surface area contributed by atoms with Crippen LogP contribution in [0.25, 0.3) is 37.3 Å². The standard InChI is InChI=1S/C22H15N5OS3/c1-12-24-21-19(14(10-30-21)18-7-4-8-29-18)22(25-12)31-11-17(28)13(9-23)20-26-15-5-2-3-6-16(15)27-20/h2-8,10,28H,11H2,1H3,(H,26,27). The lowest BCUT2D eigenvalue weighted by Gasteiger charge is -2.06. The molecule has 0 saturated heterocycles. The van der Waals surface area contributed by atoms with Crippen molar-refractivity contribution in [1.82, 2.24) is 19.9 Å². The summed E-state index contributed by atoms with van der Waals surface area (Å²) in [4.78, 5) is 18.8. The first-order chi connectivity index (χ1) is 15.1. The molecular formula is C22H15N5OS3. The van der Waals surface area contributed by atoms with Crippen molar-refractivity contribution >= 4 is 61.3 Å². The third kappa shape index (κ3) is 3.70. The molecule has 31 heavy (non-hydrogen) atoms. The summed E-state index contributed by atoms with van der Waals surface area (Å²) in [6.45, 7) is 1.86. The lowest BCUT2D eigenvalue weighted by atomic mass is 10.2. The molecule has 5 aromatic rings. The van der Waals surface area contributed by atoms with Crippen LogP contribution in [0.4, 0.5) is 0 Å². The minimum Gasteiger partial charge on any atom is -0.510 e. The third-order valence-corrected chi connectivity index (χ3v) is 7.43. The van der Waals surface area contributed by atoms with Crippen LogP contribution in [-0.2, 0) is 0 Å². The number of para-hydroxylation sites is 2. The highest BCUT2D eigenvalue weighted by Gasteiger charge is 2.18. The van der Waals surface area contributed by atoms with Gasteiger partial charge in [0, 0.05) is 15.8 Å². The molecule has 0 radical (unpaired) electrons. The normalized spacial score (nSPS) is 12.3. The van der Waals surface area contributed by atoms with E-state index in [4.69, 9.17) is 0 Å². The van der Waals surface area contributed by atoms with Crippen molar-refractivity contribution < 1.29 is 5.11 Å². The predicted molar refractivity (Wildman–Crippen MR) is 127 cm³/mol. The number of aliphatic hydroxyl groups excluding tert-OH is 1.